The number of hydrogen-bond acceptors (Lipinski definition) is 4. The molecule has 0 radical (unpaired) electrons. The van der Waals surface area contributed by atoms with Gasteiger partial charge in [-0.1, -0.05) is 13.8 Å². The van der Waals surface area contributed by atoms with E-state index in [0.717, 1.165) is 49.0 Å². The zero-order valence-electron chi connectivity index (χ0n) is 11.3. The van der Waals surface area contributed by atoms with Crippen molar-refractivity contribution in [3.05, 3.63) is 18.1 Å². The molecule has 1 N–H and O–H groups in total. The Kier molecular flexibility index (Phi) is 3.20. The molecule has 1 saturated carbocycles. The number of rotatable bonds is 4. The highest BCUT2D eigenvalue weighted by Crippen LogP contribution is 2.26. The van der Waals surface area contributed by atoms with Gasteiger partial charge in [-0.05, 0) is 24.7 Å². The number of nitrogens with one attached hydrogen (secondary N) is 1. The number of nitrogens with zero attached hydrogens (tertiary/aromatic N) is 3. The van der Waals surface area contributed by atoms with E-state index in [-0.39, 0.29) is 0 Å². The first-order valence-electron chi connectivity index (χ1n) is 7.01. The Labute approximate surface area is 109 Å². The summed E-state index contributed by atoms with van der Waals surface area (Å²) < 4.78 is 0. The predicted molar refractivity (Wildman–Crippen MR) is 72.4 cm³/mol. The third-order valence-corrected chi connectivity index (χ3v) is 4.13. The van der Waals surface area contributed by atoms with Crippen LogP contribution in [0.4, 0.5) is 5.82 Å². The summed E-state index contributed by atoms with van der Waals surface area (Å²) in [6.45, 7) is 7.70. The van der Waals surface area contributed by atoms with Crippen molar-refractivity contribution in [1.82, 2.24) is 15.3 Å². The third-order valence-electron chi connectivity index (χ3n) is 4.13. The molecular formula is C14H22N4. The van der Waals surface area contributed by atoms with Crippen molar-refractivity contribution in [2.45, 2.75) is 39.3 Å². The van der Waals surface area contributed by atoms with Gasteiger partial charge in [0.15, 0.2) is 0 Å². The highest BCUT2D eigenvalue weighted by molar-refractivity contribution is 5.38. The van der Waals surface area contributed by atoms with Gasteiger partial charge in [0, 0.05) is 31.9 Å². The lowest BCUT2D eigenvalue weighted by Crippen LogP contribution is -2.22. The molecule has 1 aromatic heterocycles. The Balaban J connectivity index is 1.66. The van der Waals surface area contributed by atoms with Crippen LogP contribution in [0.15, 0.2) is 12.4 Å². The van der Waals surface area contributed by atoms with E-state index < -0.39 is 0 Å². The molecule has 2 fully saturated rings. The molecule has 1 aliphatic carbocycles. The molecule has 1 aliphatic heterocycles. The van der Waals surface area contributed by atoms with Crippen LogP contribution in [0.1, 0.15) is 32.4 Å². The maximum atomic E-state index is 4.72. The van der Waals surface area contributed by atoms with Gasteiger partial charge in [0.05, 0.1) is 11.9 Å². The highest BCUT2D eigenvalue weighted by atomic mass is 15.2. The standard InChI is InChI=1S/C14H22N4/c1-10-8-18(9-11(10)2)14-7-15-5-13(17-14)6-16-12-3-4-12/h5,7,10-12,16H,3-4,6,8-9H2,1-2H3. The molecule has 0 amide bonds. The second-order valence-electron chi connectivity index (χ2n) is 5.88. The summed E-state index contributed by atoms with van der Waals surface area (Å²) >= 11 is 0. The molecule has 1 aromatic rings. The van der Waals surface area contributed by atoms with Crippen LogP contribution < -0.4 is 10.2 Å². The number of hydrogen-bond donors (Lipinski definition) is 1. The van der Waals surface area contributed by atoms with E-state index in [1.807, 2.05) is 12.4 Å². The minimum atomic E-state index is 0.724. The lowest BCUT2D eigenvalue weighted by molar-refractivity contribution is 0.494. The SMILES string of the molecule is CC1CN(c2cncc(CNC3CC3)n2)CC1C. The average Bonchev–Trinajstić information content (AvgIpc) is 3.14. The van der Waals surface area contributed by atoms with E-state index >= 15 is 0 Å². The molecule has 2 unspecified atom stereocenters. The Bertz CT molecular complexity index is 406. The predicted octanol–water partition coefficient (Wildman–Crippen LogP) is 1.82. The highest BCUT2D eigenvalue weighted by Gasteiger charge is 2.27. The van der Waals surface area contributed by atoms with E-state index in [0.29, 0.717) is 0 Å². The van der Waals surface area contributed by atoms with Crippen LogP contribution in [-0.4, -0.2) is 29.1 Å². The summed E-state index contributed by atoms with van der Waals surface area (Å²) in [5.74, 6) is 2.54. The van der Waals surface area contributed by atoms with Crippen LogP contribution in [0, 0.1) is 11.8 Å². The first-order valence-corrected chi connectivity index (χ1v) is 7.01. The van der Waals surface area contributed by atoms with Crippen LogP contribution in [0.3, 0.4) is 0 Å². The minimum absolute atomic E-state index is 0.724. The van der Waals surface area contributed by atoms with Crippen molar-refractivity contribution in [2.24, 2.45) is 11.8 Å². The van der Waals surface area contributed by atoms with Crippen molar-refractivity contribution in [3.8, 4) is 0 Å². The minimum Gasteiger partial charge on any atom is -0.355 e. The largest absolute Gasteiger partial charge is 0.355 e. The van der Waals surface area contributed by atoms with Crippen molar-refractivity contribution in [3.63, 3.8) is 0 Å². The summed E-state index contributed by atoms with van der Waals surface area (Å²) in [6, 6.07) is 0.724. The summed E-state index contributed by atoms with van der Waals surface area (Å²) in [5, 5.41) is 3.49. The quantitative estimate of drug-likeness (QED) is 0.880. The molecule has 4 heteroatoms. The van der Waals surface area contributed by atoms with Gasteiger partial charge >= 0.3 is 0 Å². The normalized spacial score (nSPS) is 27.8. The van der Waals surface area contributed by atoms with Gasteiger partial charge in [0.1, 0.15) is 5.82 Å². The Hall–Kier alpha value is -1.16. The van der Waals surface area contributed by atoms with Crippen LogP contribution >= 0.6 is 0 Å². The van der Waals surface area contributed by atoms with E-state index in [1.165, 1.54) is 12.8 Å². The van der Waals surface area contributed by atoms with E-state index in [4.69, 9.17) is 4.98 Å². The lowest BCUT2D eigenvalue weighted by Gasteiger charge is -2.17. The molecule has 2 aliphatic rings. The van der Waals surface area contributed by atoms with Crippen LogP contribution in [0.2, 0.25) is 0 Å². The Morgan fingerprint density at radius 2 is 1.94 bits per heavy atom. The molecule has 1 saturated heterocycles. The lowest BCUT2D eigenvalue weighted by atomic mass is 10.0. The Morgan fingerprint density at radius 1 is 1.22 bits per heavy atom. The van der Waals surface area contributed by atoms with E-state index in [1.54, 1.807) is 0 Å². The molecule has 0 aromatic carbocycles. The first kappa shape index (κ1) is 11.9. The molecule has 0 bridgehead atoms. The fourth-order valence-corrected chi connectivity index (χ4v) is 2.49. The summed E-state index contributed by atoms with van der Waals surface area (Å²) in [4.78, 5) is 11.4. The number of anilines is 1. The molecule has 18 heavy (non-hydrogen) atoms. The van der Waals surface area contributed by atoms with Crippen LogP contribution in [0.5, 0.6) is 0 Å². The third kappa shape index (κ3) is 2.64. The zero-order chi connectivity index (χ0) is 12.5. The fraction of sp³-hybridized carbons (Fsp3) is 0.714. The summed E-state index contributed by atoms with van der Waals surface area (Å²) in [6.07, 6.45) is 6.40. The van der Waals surface area contributed by atoms with Gasteiger partial charge in [0.2, 0.25) is 0 Å². The van der Waals surface area contributed by atoms with Crippen molar-refractivity contribution in [1.29, 1.82) is 0 Å². The van der Waals surface area contributed by atoms with Gasteiger partial charge in [-0.2, -0.15) is 0 Å². The molecular weight excluding hydrogens is 224 g/mol. The second kappa shape index (κ2) is 4.84. The van der Waals surface area contributed by atoms with Crippen molar-refractivity contribution >= 4 is 5.82 Å². The van der Waals surface area contributed by atoms with Gasteiger partial charge in [-0.25, -0.2) is 4.98 Å². The molecule has 0 spiro atoms. The van der Waals surface area contributed by atoms with Crippen LogP contribution in [0.25, 0.3) is 0 Å². The molecule has 4 nitrogen and oxygen atoms in total. The van der Waals surface area contributed by atoms with Gasteiger partial charge in [-0.3, -0.25) is 4.98 Å². The van der Waals surface area contributed by atoms with Crippen molar-refractivity contribution < 1.29 is 0 Å². The van der Waals surface area contributed by atoms with Crippen molar-refractivity contribution in [2.75, 3.05) is 18.0 Å². The molecule has 98 valence electrons. The monoisotopic (exact) mass is 246 g/mol. The summed E-state index contributed by atoms with van der Waals surface area (Å²) in [7, 11) is 0. The first-order chi connectivity index (χ1) is 8.72. The molecule has 2 heterocycles. The van der Waals surface area contributed by atoms with Gasteiger partial charge < -0.3 is 10.2 Å². The number of aromatic nitrogens is 2. The van der Waals surface area contributed by atoms with Gasteiger partial charge in [0.25, 0.3) is 0 Å². The maximum Gasteiger partial charge on any atom is 0.147 e. The van der Waals surface area contributed by atoms with Gasteiger partial charge in [-0.15, -0.1) is 0 Å². The zero-order valence-corrected chi connectivity index (χ0v) is 11.3. The van der Waals surface area contributed by atoms with E-state index in [2.05, 4.69) is 29.0 Å². The molecule has 2 atom stereocenters. The van der Waals surface area contributed by atoms with E-state index in [9.17, 15) is 0 Å². The molecule has 3 rings (SSSR count). The summed E-state index contributed by atoms with van der Waals surface area (Å²) in [5.41, 5.74) is 1.06. The topological polar surface area (TPSA) is 41.1 Å². The Morgan fingerprint density at radius 3 is 2.61 bits per heavy atom. The maximum absolute atomic E-state index is 4.72. The average molecular weight is 246 g/mol. The van der Waals surface area contributed by atoms with Crippen LogP contribution in [-0.2, 0) is 6.54 Å². The second-order valence-corrected chi connectivity index (χ2v) is 5.88. The fourth-order valence-electron chi connectivity index (χ4n) is 2.49. The smallest absolute Gasteiger partial charge is 0.147 e.